The average molecular weight is 327 g/mol. The minimum atomic E-state index is -0.210. The zero-order valence-corrected chi connectivity index (χ0v) is 13.6. The zero-order valence-electron chi connectivity index (χ0n) is 12.8. The number of anilines is 1. The van der Waals surface area contributed by atoms with Crippen molar-refractivity contribution in [3.63, 3.8) is 0 Å². The molecule has 0 unspecified atom stereocenters. The van der Waals surface area contributed by atoms with Crippen LogP contribution >= 0.6 is 11.3 Å². The van der Waals surface area contributed by atoms with E-state index >= 15 is 0 Å². The van der Waals surface area contributed by atoms with Crippen molar-refractivity contribution in [2.45, 2.75) is 19.8 Å². The molecule has 0 aliphatic carbocycles. The molecule has 6 heteroatoms. The van der Waals surface area contributed by atoms with Crippen molar-refractivity contribution in [1.29, 1.82) is 0 Å². The van der Waals surface area contributed by atoms with Crippen LogP contribution in [0.3, 0.4) is 0 Å². The van der Waals surface area contributed by atoms with Crippen molar-refractivity contribution in [1.82, 2.24) is 5.43 Å². The summed E-state index contributed by atoms with van der Waals surface area (Å²) in [5, 5.41) is 5.99. The van der Waals surface area contributed by atoms with Gasteiger partial charge in [-0.2, -0.15) is 5.10 Å². The average Bonchev–Trinajstić information content (AvgIpc) is 3.24. The van der Waals surface area contributed by atoms with Gasteiger partial charge in [0.05, 0.1) is 10.6 Å². The normalized spacial score (nSPS) is 15.1. The van der Waals surface area contributed by atoms with Crippen LogP contribution in [-0.4, -0.2) is 24.1 Å². The number of benzene rings is 1. The molecular weight excluding hydrogens is 310 g/mol. The third-order valence-corrected chi connectivity index (χ3v) is 4.61. The van der Waals surface area contributed by atoms with E-state index in [1.54, 1.807) is 11.0 Å². The molecule has 1 N–H and O–H groups in total. The van der Waals surface area contributed by atoms with Crippen molar-refractivity contribution < 1.29 is 9.59 Å². The summed E-state index contributed by atoms with van der Waals surface area (Å²) in [5.74, 6) is -0.0371. The Morgan fingerprint density at radius 1 is 1.26 bits per heavy atom. The lowest BCUT2D eigenvalue weighted by molar-refractivity contribution is -0.117. The Bertz CT molecular complexity index is 736. The molecule has 1 aliphatic heterocycles. The van der Waals surface area contributed by atoms with Gasteiger partial charge < -0.3 is 4.90 Å². The van der Waals surface area contributed by atoms with Gasteiger partial charge in [0, 0.05) is 18.7 Å². The van der Waals surface area contributed by atoms with Gasteiger partial charge in [-0.15, -0.1) is 11.3 Å². The van der Waals surface area contributed by atoms with E-state index in [-0.39, 0.29) is 11.8 Å². The number of hydrazone groups is 1. The van der Waals surface area contributed by atoms with Crippen molar-refractivity contribution in [2.24, 2.45) is 5.10 Å². The lowest BCUT2D eigenvalue weighted by atomic mass is 10.1. The van der Waals surface area contributed by atoms with E-state index in [9.17, 15) is 9.59 Å². The van der Waals surface area contributed by atoms with Gasteiger partial charge in [-0.3, -0.25) is 9.59 Å². The van der Waals surface area contributed by atoms with Crippen molar-refractivity contribution in [2.75, 3.05) is 11.4 Å². The lowest BCUT2D eigenvalue weighted by Gasteiger charge is -2.15. The Labute approximate surface area is 138 Å². The van der Waals surface area contributed by atoms with E-state index in [1.807, 2.05) is 42.6 Å². The summed E-state index contributed by atoms with van der Waals surface area (Å²) in [4.78, 5) is 26.0. The SMILES string of the molecule is C/C(=N/NC(=O)c1cccs1)c1ccc(N2CCCC2=O)cc1. The third kappa shape index (κ3) is 3.48. The van der Waals surface area contributed by atoms with Gasteiger partial charge in [0.25, 0.3) is 5.91 Å². The Morgan fingerprint density at radius 2 is 2.04 bits per heavy atom. The molecule has 23 heavy (non-hydrogen) atoms. The standard InChI is InChI=1S/C17H17N3O2S/c1-12(18-19-17(22)15-4-3-11-23-15)13-6-8-14(9-7-13)20-10-2-5-16(20)21/h3-4,6-9,11H,2,5,10H2,1H3,(H,19,22)/b18-12-. The summed E-state index contributed by atoms with van der Waals surface area (Å²) in [6.45, 7) is 2.62. The van der Waals surface area contributed by atoms with Crippen LogP contribution < -0.4 is 10.3 Å². The Morgan fingerprint density at radius 3 is 2.65 bits per heavy atom. The Balaban J connectivity index is 1.67. The molecule has 0 radical (unpaired) electrons. The predicted molar refractivity (Wildman–Crippen MR) is 92.0 cm³/mol. The van der Waals surface area contributed by atoms with E-state index < -0.39 is 0 Å². The van der Waals surface area contributed by atoms with Crippen LogP contribution in [0.25, 0.3) is 0 Å². The van der Waals surface area contributed by atoms with Gasteiger partial charge in [0.1, 0.15) is 0 Å². The van der Waals surface area contributed by atoms with Crippen molar-refractivity contribution in [3.05, 3.63) is 52.2 Å². The number of thiophene rings is 1. The van der Waals surface area contributed by atoms with E-state index in [0.29, 0.717) is 17.0 Å². The lowest BCUT2D eigenvalue weighted by Crippen LogP contribution is -2.23. The molecule has 2 heterocycles. The predicted octanol–water partition coefficient (Wildman–Crippen LogP) is 3.03. The second kappa shape index (κ2) is 6.75. The van der Waals surface area contributed by atoms with E-state index in [1.165, 1.54) is 11.3 Å². The summed E-state index contributed by atoms with van der Waals surface area (Å²) in [6.07, 6.45) is 1.53. The molecule has 1 saturated heterocycles. The minimum Gasteiger partial charge on any atom is -0.312 e. The molecule has 0 bridgehead atoms. The molecule has 3 rings (SSSR count). The fraction of sp³-hybridized carbons (Fsp3) is 0.235. The van der Waals surface area contributed by atoms with Gasteiger partial charge in [-0.1, -0.05) is 18.2 Å². The molecule has 0 spiro atoms. The number of hydrogen-bond acceptors (Lipinski definition) is 4. The molecule has 5 nitrogen and oxygen atoms in total. The molecule has 0 saturated carbocycles. The topological polar surface area (TPSA) is 61.8 Å². The third-order valence-electron chi connectivity index (χ3n) is 3.74. The summed E-state index contributed by atoms with van der Waals surface area (Å²) in [7, 11) is 0. The minimum absolute atomic E-state index is 0.173. The first-order chi connectivity index (χ1) is 11.1. The second-order valence-corrected chi connectivity index (χ2v) is 6.26. The maximum absolute atomic E-state index is 11.9. The van der Waals surface area contributed by atoms with Gasteiger partial charge in [-0.25, -0.2) is 5.43 Å². The fourth-order valence-electron chi connectivity index (χ4n) is 2.47. The van der Waals surface area contributed by atoms with Crippen LogP contribution in [0.2, 0.25) is 0 Å². The summed E-state index contributed by atoms with van der Waals surface area (Å²) >= 11 is 1.38. The summed E-state index contributed by atoms with van der Waals surface area (Å²) < 4.78 is 0. The van der Waals surface area contributed by atoms with Crippen LogP contribution in [0.4, 0.5) is 5.69 Å². The molecule has 1 aromatic carbocycles. The number of hydrogen-bond donors (Lipinski definition) is 1. The van der Waals surface area contributed by atoms with Crippen molar-refractivity contribution >= 4 is 34.6 Å². The van der Waals surface area contributed by atoms with Gasteiger partial charge >= 0.3 is 0 Å². The quantitative estimate of drug-likeness (QED) is 0.693. The number of rotatable bonds is 4. The highest BCUT2D eigenvalue weighted by Crippen LogP contribution is 2.21. The number of carbonyl (C=O) groups is 2. The number of carbonyl (C=O) groups excluding carboxylic acids is 2. The first-order valence-electron chi connectivity index (χ1n) is 7.44. The summed E-state index contributed by atoms with van der Waals surface area (Å²) in [5.41, 5.74) is 5.09. The van der Waals surface area contributed by atoms with Crippen LogP contribution in [-0.2, 0) is 4.79 Å². The van der Waals surface area contributed by atoms with Crippen LogP contribution in [0.15, 0.2) is 46.9 Å². The smallest absolute Gasteiger partial charge is 0.281 e. The van der Waals surface area contributed by atoms with Gasteiger partial charge in [0.2, 0.25) is 5.91 Å². The fourth-order valence-corrected chi connectivity index (χ4v) is 3.08. The molecule has 2 aromatic rings. The number of nitrogens with one attached hydrogen (secondary N) is 1. The van der Waals surface area contributed by atoms with Crippen LogP contribution in [0, 0.1) is 0 Å². The summed E-state index contributed by atoms with van der Waals surface area (Å²) in [6, 6.07) is 11.2. The van der Waals surface area contributed by atoms with Gasteiger partial charge in [-0.05, 0) is 42.5 Å². The van der Waals surface area contributed by atoms with Crippen molar-refractivity contribution in [3.8, 4) is 0 Å². The number of nitrogens with zero attached hydrogens (tertiary/aromatic N) is 2. The zero-order chi connectivity index (χ0) is 16.2. The maximum Gasteiger partial charge on any atom is 0.281 e. The molecule has 2 amide bonds. The molecule has 1 aromatic heterocycles. The highest BCUT2D eigenvalue weighted by molar-refractivity contribution is 7.12. The monoisotopic (exact) mass is 327 g/mol. The Hall–Kier alpha value is -2.47. The van der Waals surface area contributed by atoms with E-state index in [0.717, 1.165) is 24.2 Å². The highest BCUT2D eigenvalue weighted by Gasteiger charge is 2.21. The van der Waals surface area contributed by atoms with Crippen LogP contribution in [0.5, 0.6) is 0 Å². The molecule has 118 valence electrons. The number of amides is 2. The molecule has 0 atom stereocenters. The highest BCUT2D eigenvalue weighted by atomic mass is 32.1. The molecular formula is C17H17N3O2S. The largest absolute Gasteiger partial charge is 0.312 e. The molecule has 1 aliphatic rings. The first-order valence-corrected chi connectivity index (χ1v) is 8.32. The van der Waals surface area contributed by atoms with E-state index in [2.05, 4.69) is 10.5 Å². The Kier molecular flexibility index (Phi) is 4.52. The molecule has 1 fully saturated rings. The van der Waals surface area contributed by atoms with Gasteiger partial charge in [0.15, 0.2) is 0 Å². The van der Waals surface area contributed by atoms with Crippen LogP contribution in [0.1, 0.15) is 35.0 Å². The second-order valence-electron chi connectivity index (χ2n) is 5.31. The maximum atomic E-state index is 11.9. The van der Waals surface area contributed by atoms with E-state index in [4.69, 9.17) is 0 Å². The first kappa shape index (κ1) is 15.4.